The van der Waals surface area contributed by atoms with Gasteiger partial charge in [-0.25, -0.2) is 8.42 Å². The topological polar surface area (TPSA) is 111 Å². The van der Waals surface area contributed by atoms with Gasteiger partial charge in [0.15, 0.2) is 0 Å². The van der Waals surface area contributed by atoms with Crippen LogP contribution < -0.4 is 10.3 Å². The zero-order valence-electron chi connectivity index (χ0n) is 19.0. The molecule has 1 unspecified atom stereocenters. The van der Waals surface area contributed by atoms with E-state index in [1.807, 2.05) is 61.2 Å². The third kappa shape index (κ3) is 9.50. The predicted octanol–water partition coefficient (Wildman–Crippen LogP) is 3.02. The first-order chi connectivity index (χ1) is 15.2. The van der Waals surface area contributed by atoms with E-state index in [0.29, 0.717) is 19.4 Å². The fourth-order valence-electron chi connectivity index (χ4n) is 3.56. The summed E-state index contributed by atoms with van der Waals surface area (Å²) in [6.45, 7) is 4.41. The molecule has 0 aromatic heterocycles. The molecule has 32 heavy (non-hydrogen) atoms. The van der Waals surface area contributed by atoms with Crippen molar-refractivity contribution in [2.75, 3.05) is 12.9 Å². The Balaban J connectivity index is 2.22. The van der Waals surface area contributed by atoms with Crippen LogP contribution in [0.25, 0.3) is 6.08 Å². The van der Waals surface area contributed by atoms with E-state index >= 15 is 0 Å². The molecule has 3 atom stereocenters. The summed E-state index contributed by atoms with van der Waals surface area (Å²) >= 11 is 0. The van der Waals surface area contributed by atoms with Crippen molar-refractivity contribution in [2.45, 2.75) is 52.2 Å². The Kier molecular flexibility index (Phi) is 10.3. The first-order valence-corrected chi connectivity index (χ1v) is 12.8. The molecule has 1 fully saturated rings. The van der Waals surface area contributed by atoms with Gasteiger partial charge >= 0.3 is 5.97 Å². The minimum atomic E-state index is -3.63. The van der Waals surface area contributed by atoms with Crippen molar-refractivity contribution in [3.8, 4) is 0 Å². The number of ether oxygens (including phenoxy) is 2. The normalized spacial score (nSPS) is 18.9. The maximum Gasteiger partial charge on any atom is 0.312 e. The van der Waals surface area contributed by atoms with Gasteiger partial charge < -0.3 is 9.47 Å². The number of hydrazine groups is 1. The van der Waals surface area contributed by atoms with Gasteiger partial charge in [0.2, 0.25) is 22.2 Å². The van der Waals surface area contributed by atoms with Crippen molar-refractivity contribution in [3.05, 3.63) is 42.0 Å². The number of amides is 1. The Morgan fingerprint density at radius 3 is 2.50 bits per heavy atom. The highest BCUT2D eigenvalue weighted by Crippen LogP contribution is 2.28. The molecule has 0 spiro atoms. The number of hydrogen-bond acceptors (Lipinski definition) is 6. The quantitative estimate of drug-likeness (QED) is 0.383. The summed E-state index contributed by atoms with van der Waals surface area (Å²) in [5, 5.41) is 0. The lowest BCUT2D eigenvalue weighted by Crippen LogP contribution is -2.47. The van der Waals surface area contributed by atoms with Crippen LogP contribution in [-0.4, -0.2) is 39.4 Å². The summed E-state index contributed by atoms with van der Waals surface area (Å²) in [5.74, 6) is -2.55. The highest BCUT2D eigenvalue weighted by Gasteiger charge is 2.36. The standard InChI is InChI=1S/C23H34N2O6S/c1-17(2)16-20(22(26)24-25-32(3,28)29)19(13-9-12-18-10-5-4-6-11-18)23(27)31-21-14-7-8-15-30-21/h4-6,9-12,17,19-21,25H,7-8,13-16H2,1-3H3,(H,24,26)/b12-9+/t19-,20+,21?/m0/s1. The van der Waals surface area contributed by atoms with E-state index in [1.54, 1.807) is 0 Å². The summed E-state index contributed by atoms with van der Waals surface area (Å²) in [6.07, 6.45) is 7.16. The van der Waals surface area contributed by atoms with Crippen LogP contribution in [-0.2, 0) is 29.1 Å². The molecule has 1 heterocycles. The third-order valence-electron chi connectivity index (χ3n) is 5.10. The smallest absolute Gasteiger partial charge is 0.312 e. The summed E-state index contributed by atoms with van der Waals surface area (Å²) in [7, 11) is -3.63. The zero-order valence-corrected chi connectivity index (χ0v) is 19.8. The fourth-order valence-corrected chi connectivity index (χ4v) is 3.84. The van der Waals surface area contributed by atoms with Crippen LogP contribution in [0.5, 0.6) is 0 Å². The van der Waals surface area contributed by atoms with E-state index in [0.717, 1.165) is 24.7 Å². The van der Waals surface area contributed by atoms with Gasteiger partial charge in [0.25, 0.3) is 0 Å². The number of esters is 1. The number of sulfonamides is 1. The molecule has 1 amide bonds. The van der Waals surface area contributed by atoms with E-state index in [9.17, 15) is 18.0 Å². The Hall–Kier alpha value is -2.23. The highest BCUT2D eigenvalue weighted by atomic mass is 32.2. The molecular formula is C23H34N2O6S. The van der Waals surface area contributed by atoms with Gasteiger partial charge in [0, 0.05) is 6.42 Å². The summed E-state index contributed by atoms with van der Waals surface area (Å²) in [4.78, 5) is 28.0. The van der Waals surface area contributed by atoms with E-state index in [1.165, 1.54) is 0 Å². The summed E-state index contributed by atoms with van der Waals surface area (Å²) < 4.78 is 34.0. The number of rotatable bonds is 11. The van der Waals surface area contributed by atoms with Crippen molar-refractivity contribution >= 4 is 28.0 Å². The van der Waals surface area contributed by atoms with Crippen molar-refractivity contribution in [3.63, 3.8) is 0 Å². The fraction of sp³-hybridized carbons (Fsp3) is 0.565. The van der Waals surface area contributed by atoms with E-state index in [2.05, 4.69) is 5.43 Å². The lowest BCUT2D eigenvalue weighted by atomic mass is 9.82. The molecule has 1 aromatic carbocycles. The molecular weight excluding hydrogens is 432 g/mol. The molecule has 1 aliphatic rings. The maximum atomic E-state index is 13.1. The summed E-state index contributed by atoms with van der Waals surface area (Å²) in [6, 6.07) is 9.62. The van der Waals surface area contributed by atoms with Gasteiger partial charge in [-0.1, -0.05) is 56.3 Å². The predicted molar refractivity (Wildman–Crippen MR) is 122 cm³/mol. The van der Waals surface area contributed by atoms with E-state index < -0.39 is 40.0 Å². The largest absolute Gasteiger partial charge is 0.436 e. The van der Waals surface area contributed by atoms with Gasteiger partial charge in [-0.3, -0.25) is 15.0 Å². The van der Waals surface area contributed by atoms with Gasteiger partial charge in [0.05, 0.1) is 24.7 Å². The van der Waals surface area contributed by atoms with Crippen molar-refractivity contribution in [2.24, 2.45) is 17.8 Å². The molecule has 9 heteroatoms. The Bertz CT molecular complexity index is 864. The second-order valence-corrected chi connectivity index (χ2v) is 10.2. The molecule has 0 saturated carbocycles. The average Bonchev–Trinajstić information content (AvgIpc) is 2.74. The second-order valence-electron chi connectivity index (χ2n) is 8.49. The van der Waals surface area contributed by atoms with Crippen LogP contribution in [0.1, 0.15) is 51.5 Å². The molecule has 0 bridgehead atoms. The van der Waals surface area contributed by atoms with Crippen LogP contribution in [0.2, 0.25) is 0 Å². The Labute approximate surface area is 190 Å². The van der Waals surface area contributed by atoms with Crippen LogP contribution in [0, 0.1) is 17.8 Å². The van der Waals surface area contributed by atoms with Crippen LogP contribution in [0.3, 0.4) is 0 Å². The molecule has 1 saturated heterocycles. The van der Waals surface area contributed by atoms with Gasteiger partial charge in [-0.2, -0.15) is 0 Å². The number of carbonyl (C=O) groups excluding carboxylic acids is 2. The molecule has 2 N–H and O–H groups in total. The lowest BCUT2D eigenvalue weighted by Gasteiger charge is -2.28. The van der Waals surface area contributed by atoms with Crippen LogP contribution in [0.15, 0.2) is 36.4 Å². The molecule has 0 radical (unpaired) electrons. The Morgan fingerprint density at radius 1 is 1.19 bits per heavy atom. The number of carbonyl (C=O) groups is 2. The lowest BCUT2D eigenvalue weighted by molar-refractivity contribution is -0.193. The number of nitrogens with one attached hydrogen (secondary N) is 2. The number of allylic oxidation sites excluding steroid dienone is 1. The highest BCUT2D eigenvalue weighted by molar-refractivity contribution is 7.88. The van der Waals surface area contributed by atoms with Gasteiger partial charge in [-0.15, -0.1) is 4.83 Å². The van der Waals surface area contributed by atoms with Crippen molar-refractivity contribution < 1.29 is 27.5 Å². The first-order valence-electron chi connectivity index (χ1n) is 11.0. The molecule has 8 nitrogen and oxygen atoms in total. The SMILES string of the molecule is CC(C)C[C@@H](C(=O)NNS(C)(=O)=O)[C@H](C/C=C/c1ccccc1)C(=O)OC1CCCCO1. The maximum absolute atomic E-state index is 13.1. The number of benzene rings is 1. The average molecular weight is 467 g/mol. The monoisotopic (exact) mass is 466 g/mol. The molecule has 178 valence electrons. The zero-order chi connectivity index (χ0) is 23.6. The molecule has 0 aliphatic carbocycles. The van der Waals surface area contributed by atoms with E-state index in [-0.39, 0.29) is 12.3 Å². The van der Waals surface area contributed by atoms with Crippen molar-refractivity contribution in [1.82, 2.24) is 10.3 Å². The molecule has 2 rings (SSSR count). The molecule has 1 aromatic rings. The van der Waals surface area contributed by atoms with Crippen LogP contribution in [0.4, 0.5) is 0 Å². The third-order valence-corrected chi connectivity index (χ3v) is 5.57. The van der Waals surface area contributed by atoms with E-state index in [4.69, 9.17) is 9.47 Å². The number of hydrogen-bond donors (Lipinski definition) is 2. The van der Waals surface area contributed by atoms with Gasteiger partial charge in [0.1, 0.15) is 0 Å². The minimum absolute atomic E-state index is 0.100. The van der Waals surface area contributed by atoms with Crippen molar-refractivity contribution in [1.29, 1.82) is 0 Å². The molecule has 1 aliphatic heterocycles. The minimum Gasteiger partial charge on any atom is -0.436 e. The van der Waals surface area contributed by atoms with Gasteiger partial charge in [-0.05, 0) is 37.2 Å². The second kappa shape index (κ2) is 12.7. The van der Waals surface area contributed by atoms with Crippen LogP contribution >= 0.6 is 0 Å². The first kappa shape index (κ1) is 26.0. The summed E-state index contributed by atoms with van der Waals surface area (Å²) in [5.41, 5.74) is 3.21. The Morgan fingerprint density at radius 2 is 1.91 bits per heavy atom.